The van der Waals surface area contributed by atoms with Crippen LogP contribution >= 0.6 is 0 Å². The summed E-state index contributed by atoms with van der Waals surface area (Å²) in [6.45, 7) is 6.23. The van der Waals surface area contributed by atoms with Crippen molar-refractivity contribution in [2.24, 2.45) is 11.8 Å². The summed E-state index contributed by atoms with van der Waals surface area (Å²) in [5, 5.41) is 9.74. The number of nitrogens with zero attached hydrogens (tertiary/aromatic N) is 2. The number of rotatable bonds is 3. The average Bonchev–Trinajstić information content (AvgIpc) is 2.33. The van der Waals surface area contributed by atoms with E-state index in [0.29, 0.717) is 24.9 Å². The normalized spacial score (nSPS) is 35.4. The largest absolute Gasteiger partial charge is 0.393 e. The molecule has 112 valence electrons. The topological polar surface area (TPSA) is 60.9 Å². The highest BCUT2D eigenvalue weighted by Gasteiger charge is 2.30. The lowest BCUT2D eigenvalue weighted by molar-refractivity contribution is 0.0256. The molecule has 2 heterocycles. The van der Waals surface area contributed by atoms with Crippen molar-refractivity contribution in [3.8, 4) is 0 Å². The summed E-state index contributed by atoms with van der Waals surface area (Å²) in [6.07, 6.45) is 4.04. The van der Waals surface area contributed by atoms with Gasteiger partial charge in [-0.1, -0.05) is 6.92 Å². The lowest BCUT2D eigenvalue weighted by Crippen LogP contribution is -2.47. The van der Waals surface area contributed by atoms with Gasteiger partial charge in [0.1, 0.15) is 0 Å². The molecule has 2 saturated heterocycles. The molecule has 0 spiro atoms. The van der Waals surface area contributed by atoms with E-state index in [4.69, 9.17) is 0 Å². The second kappa shape index (κ2) is 6.08. The first-order chi connectivity index (χ1) is 8.86. The molecule has 0 aromatic heterocycles. The number of hydrogen-bond acceptors (Lipinski definition) is 4. The van der Waals surface area contributed by atoms with Gasteiger partial charge < -0.3 is 10.0 Å². The number of aliphatic hydroxyl groups excluding tert-OH is 1. The van der Waals surface area contributed by atoms with E-state index in [9.17, 15) is 13.5 Å². The van der Waals surface area contributed by atoms with Crippen molar-refractivity contribution >= 4 is 10.0 Å². The fraction of sp³-hybridized carbons (Fsp3) is 1.00. The van der Waals surface area contributed by atoms with Gasteiger partial charge >= 0.3 is 0 Å². The van der Waals surface area contributed by atoms with Crippen LogP contribution in [0.2, 0.25) is 0 Å². The third-order valence-electron chi connectivity index (χ3n) is 4.41. The Morgan fingerprint density at radius 1 is 1.21 bits per heavy atom. The van der Waals surface area contributed by atoms with Gasteiger partial charge in [0.05, 0.1) is 12.4 Å². The maximum Gasteiger partial charge on any atom is 0.211 e. The lowest BCUT2D eigenvalue weighted by atomic mass is 9.93. The molecule has 0 saturated carbocycles. The van der Waals surface area contributed by atoms with Crippen molar-refractivity contribution in [3.05, 3.63) is 0 Å². The Morgan fingerprint density at radius 3 is 2.58 bits per heavy atom. The van der Waals surface area contributed by atoms with E-state index >= 15 is 0 Å². The van der Waals surface area contributed by atoms with Gasteiger partial charge in [-0.05, 0) is 31.1 Å². The first-order valence-electron chi connectivity index (χ1n) is 7.22. The van der Waals surface area contributed by atoms with Crippen LogP contribution in [0.4, 0.5) is 0 Å². The van der Waals surface area contributed by atoms with Crippen LogP contribution in [0.3, 0.4) is 0 Å². The number of aliphatic hydroxyl groups is 1. The molecule has 1 N–H and O–H groups in total. The fourth-order valence-corrected chi connectivity index (χ4v) is 4.17. The molecule has 2 aliphatic heterocycles. The Bertz CT molecular complexity index is 399. The van der Waals surface area contributed by atoms with E-state index < -0.39 is 10.0 Å². The molecule has 0 amide bonds. The minimum atomic E-state index is -3.04. The molecular weight excluding hydrogens is 264 g/mol. The molecule has 2 aliphatic rings. The van der Waals surface area contributed by atoms with Gasteiger partial charge in [0.15, 0.2) is 0 Å². The molecule has 5 nitrogen and oxygen atoms in total. The van der Waals surface area contributed by atoms with Crippen LogP contribution in [0.25, 0.3) is 0 Å². The summed E-state index contributed by atoms with van der Waals surface area (Å²) in [6, 6.07) is 0. The maximum atomic E-state index is 11.6. The summed E-state index contributed by atoms with van der Waals surface area (Å²) in [5.74, 6) is 0.759. The number of likely N-dealkylation sites (tertiary alicyclic amines) is 1. The number of piperidine rings is 2. The van der Waals surface area contributed by atoms with Crippen molar-refractivity contribution in [1.29, 1.82) is 0 Å². The summed E-state index contributed by atoms with van der Waals surface area (Å²) in [4.78, 5) is 2.38. The molecule has 3 atom stereocenters. The Balaban J connectivity index is 1.86. The van der Waals surface area contributed by atoms with E-state index in [1.54, 1.807) is 4.31 Å². The highest BCUT2D eigenvalue weighted by atomic mass is 32.2. The van der Waals surface area contributed by atoms with Crippen LogP contribution in [0.15, 0.2) is 0 Å². The van der Waals surface area contributed by atoms with Crippen LogP contribution < -0.4 is 0 Å². The molecule has 2 fully saturated rings. The minimum Gasteiger partial charge on any atom is -0.393 e. The van der Waals surface area contributed by atoms with E-state index in [0.717, 1.165) is 38.9 Å². The van der Waals surface area contributed by atoms with E-state index in [-0.39, 0.29) is 6.10 Å². The van der Waals surface area contributed by atoms with Gasteiger partial charge in [-0.2, -0.15) is 0 Å². The monoisotopic (exact) mass is 290 g/mol. The van der Waals surface area contributed by atoms with Crippen LogP contribution in [-0.4, -0.2) is 67.8 Å². The summed E-state index contributed by atoms with van der Waals surface area (Å²) < 4.78 is 24.8. The predicted molar refractivity (Wildman–Crippen MR) is 75.4 cm³/mol. The van der Waals surface area contributed by atoms with Crippen molar-refractivity contribution in [1.82, 2.24) is 9.21 Å². The van der Waals surface area contributed by atoms with Crippen LogP contribution in [0.1, 0.15) is 26.2 Å². The van der Waals surface area contributed by atoms with Gasteiger partial charge in [0.25, 0.3) is 0 Å². The van der Waals surface area contributed by atoms with Gasteiger partial charge in [0.2, 0.25) is 10.0 Å². The quantitative estimate of drug-likeness (QED) is 0.815. The molecular formula is C13H26N2O3S. The second-order valence-electron chi connectivity index (χ2n) is 6.22. The minimum absolute atomic E-state index is 0.171. The Morgan fingerprint density at radius 2 is 1.95 bits per heavy atom. The van der Waals surface area contributed by atoms with Crippen molar-refractivity contribution < 1.29 is 13.5 Å². The molecule has 0 aromatic carbocycles. The molecule has 6 heteroatoms. The van der Waals surface area contributed by atoms with Gasteiger partial charge in [-0.15, -0.1) is 0 Å². The summed E-state index contributed by atoms with van der Waals surface area (Å²) in [5.41, 5.74) is 0. The van der Waals surface area contributed by atoms with Crippen molar-refractivity contribution in [2.45, 2.75) is 32.3 Å². The highest BCUT2D eigenvalue weighted by Crippen LogP contribution is 2.23. The van der Waals surface area contributed by atoms with Gasteiger partial charge in [0, 0.05) is 32.7 Å². The zero-order chi connectivity index (χ0) is 14.0. The predicted octanol–water partition coefficient (Wildman–Crippen LogP) is 0.361. The number of hydrogen-bond donors (Lipinski definition) is 1. The van der Waals surface area contributed by atoms with Gasteiger partial charge in [-0.25, -0.2) is 12.7 Å². The molecule has 2 rings (SSSR count). The average molecular weight is 290 g/mol. The molecule has 0 radical (unpaired) electrons. The summed E-state index contributed by atoms with van der Waals surface area (Å²) in [7, 11) is -3.04. The van der Waals surface area contributed by atoms with Crippen LogP contribution in [0.5, 0.6) is 0 Å². The van der Waals surface area contributed by atoms with E-state index in [2.05, 4.69) is 11.8 Å². The van der Waals surface area contributed by atoms with Crippen molar-refractivity contribution in [2.75, 3.05) is 39.0 Å². The maximum absolute atomic E-state index is 11.6. The third-order valence-corrected chi connectivity index (χ3v) is 5.68. The summed E-state index contributed by atoms with van der Waals surface area (Å²) >= 11 is 0. The molecule has 0 aromatic rings. The highest BCUT2D eigenvalue weighted by molar-refractivity contribution is 7.88. The Hall–Kier alpha value is -0.170. The van der Waals surface area contributed by atoms with E-state index in [1.807, 2.05) is 0 Å². The zero-order valence-electron chi connectivity index (χ0n) is 12.0. The smallest absolute Gasteiger partial charge is 0.211 e. The fourth-order valence-electron chi connectivity index (χ4n) is 3.23. The van der Waals surface area contributed by atoms with Crippen LogP contribution in [-0.2, 0) is 10.0 Å². The zero-order valence-corrected chi connectivity index (χ0v) is 12.8. The van der Waals surface area contributed by atoms with E-state index in [1.165, 1.54) is 6.26 Å². The Kier molecular flexibility index (Phi) is 4.87. The Labute approximate surface area is 116 Å². The lowest BCUT2D eigenvalue weighted by Gasteiger charge is -2.38. The standard InChI is InChI=1S/C13H26N2O3S/c1-11-8-14(7-5-13(11)16)9-12-4-3-6-15(10-12)19(2,17)18/h11-13,16H,3-10H2,1-2H3. The first-order valence-corrected chi connectivity index (χ1v) is 9.06. The first kappa shape index (κ1) is 15.2. The second-order valence-corrected chi connectivity index (χ2v) is 8.20. The number of sulfonamides is 1. The van der Waals surface area contributed by atoms with Crippen molar-refractivity contribution in [3.63, 3.8) is 0 Å². The van der Waals surface area contributed by atoms with Gasteiger partial charge in [-0.3, -0.25) is 0 Å². The third kappa shape index (κ3) is 4.15. The molecule has 3 unspecified atom stereocenters. The SMILES string of the molecule is CC1CN(CC2CCCN(S(C)(=O)=O)C2)CCC1O. The molecule has 19 heavy (non-hydrogen) atoms. The molecule has 0 bridgehead atoms. The molecule has 0 aliphatic carbocycles. The van der Waals surface area contributed by atoms with Crippen LogP contribution in [0, 0.1) is 11.8 Å².